The van der Waals surface area contributed by atoms with Crippen molar-refractivity contribution in [2.45, 2.75) is 98.5 Å². The Morgan fingerprint density at radius 3 is 2.32 bits per heavy atom. The number of fused-ring (bicyclic) bond motifs is 3. The Balaban J connectivity index is 1.11. The minimum atomic E-state index is -1.01. The second-order valence-electron chi connectivity index (χ2n) is 16.0. The van der Waals surface area contributed by atoms with Crippen molar-refractivity contribution < 1.29 is 19.5 Å². The molecular weight excluding hydrogens is 780 g/mol. The molecule has 1 fully saturated rings. The van der Waals surface area contributed by atoms with Gasteiger partial charge in [-0.1, -0.05) is 68.8 Å². The summed E-state index contributed by atoms with van der Waals surface area (Å²) in [6.45, 7) is 15.4. The Morgan fingerprint density at radius 2 is 1.67 bits per heavy atom. The van der Waals surface area contributed by atoms with Crippen molar-refractivity contribution in [3.63, 3.8) is 0 Å². The summed E-state index contributed by atoms with van der Waals surface area (Å²) in [5, 5.41) is 27.3. The Hall–Kier alpha value is -4.76. The highest BCUT2D eigenvalue weighted by Crippen LogP contribution is 2.40. The van der Waals surface area contributed by atoms with Gasteiger partial charge >= 0.3 is 0 Å². The van der Waals surface area contributed by atoms with Gasteiger partial charge in [-0.05, 0) is 68.9 Å². The average molecular weight is 827 g/mol. The first kappa shape index (κ1) is 40.4. The number of carbonyl (C=O) groups is 3. The van der Waals surface area contributed by atoms with Crippen LogP contribution in [0.5, 0.6) is 0 Å². The van der Waals surface area contributed by atoms with Crippen LogP contribution in [0.3, 0.4) is 0 Å². The highest BCUT2D eigenvalue weighted by Gasteiger charge is 2.45. The molecule has 2 aromatic carbocycles. The summed E-state index contributed by atoms with van der Waals surface area (Å²) in [6, 6.07) is 12.4. The number of thiophene rings is 1. The lowest BCUT2D eigenvalue weighted by Gasteiger charge is -2.35. The normalized spacial score (nSPS) is 18.9. The molecular formula is C42H47ClN8O4S2. The number of aliphatic hydroxyl groups excluding tert-OH is 1. The SMILES string of the molecule is Cc1ncsc1-c1ccc([C@H](C)NC(=O)[C@@H]2C[C@@H](O)CN2C(=O)C(NC(=O)C[C@@H]2N=C(c3ccc(Cl)cc3)c3c(sc(C)c3C)-n3c(C)nnc32)C(C)(C)C)cc1. The van der Waals surface area contributed by atoms with Gasteiger partial charge in [0.15, 0.2) is 5.82 Å². The second kappa shape index (κ2) is 15.9. The molecule has 3 amide bonds. The molecule has 57 heavy (non-hydrogen) atoms. The zero-order valence-corrected chi connectivity index (χ0v) is 35.6. The Morgan fingerprint density at radius 1 is 0.982 bits per heavy atom. The Labute approximate surface area is 345 Å². The van der Waals surface area contributed by atoms with Gasteiger partial charge in [0.2, 0.25) is 17.7 Å². The van der Waals surface area contributed by atoms with Crippen LogP contribution in [0.1, 0.15) is 97.1 Å². The topological polar surface area (TPSA) is 155 Å². The molecule has 5 heterocycles. The number of likely N-dealkylation sites (tertiary alicyclic amines) is 1. The minimum Gasteiger partial charge on any atom is -0.391 e. The van der Waals surface area contributed by atoms with Gasteiger partial charge < -0.3 is 20.6 Å². The number of thiazole rings is 1. The predicted octanol–water partition coefficient (Wildman–Crippen LogP) is 6.99. The third-order valence-corrected chi connectivity index (χ3v) is 13.2. The van der Waals surface area contributed by atoms with Gasteiger partial charge in [0.25, 0.3) is 0 Å². The molecule has 5 atom stereocenters. The summed E-state index contributed by atoms with van der Waals surface area (Å²) in [5.41, 5.74) is 7.58. The highest BCUT2D eigenvalue weighted by molar-refractivity contribution is 7.15. The van der Waals surface area contributed by atoms with Crippen LogP contribution in [0.2, 0.25) is 5.02 Å². The summed E-state index contributed by atoms with van der Waals surface area (Å²) in [6.07, 6.45) is -0.929. The molecule has 0 radical (unpaired) electrons. The number of nitrogens with one attached hydrogen (secondary N) is 2. The fraction of sp³-hybridized carbons (Fsp3) is 0.405. The molecule has 5 aromatic rings. The van der Waals surface area contributed by atoms with Gasteiger partial charge in [-0.15, -0.1) is 32.9 Å². The number of aromatic nitrogens is 4. The van der Waals surface area contributed by atoms with E-state index in [4.69, 9.17) is 16.6 Å². The quantitative estimate of drug-likeness (QED) is 0.145. The van der Waals surface area contributed by atoms with E-state index in [2.05, 4.69) is 39.7 Å². The van der Waals surface area contributed by atoms with Crippen molar-refractivity contribution in [3.8, 4) is 15.4 Å². The molecule has 7 rings (SSSR count). The minimum absolute atomic E-state index is 0.0302. The number of amides is 3. The molecule has 1 saturated heterocycles. The van der Waals surface area contributed by atoms with Crippen LogP contribution >= 0.6 is 34.3 Å². The fourth-order valence-electron chi connectivity index (χ4n) is 7.54. The number of aliphatic imine (C=N–C) groups is 1. The predicted molar refractivity (Wildman–Crippen MR) is 224 cm³/mol. The third-order valence-electron chi connectivity index (χ3n) is 10.8. The summed E-state index contributed by atoms with van der Waals surface area (Å²) >= 11 is 9.47. The van der Waals surface area contributed by atoms with Crippen molar-refractivity contribution in [2.75, 3.05) is 6.54 Å². The lowest BCUT2D eigenvalue weighted by molar-refractivity contribution is -0.144. The van der Waals surface area contributed by atoms with Crippen molar-refractivity contribution in [2.24, 2.45) is 10.4 Å². The third kappa shape index (κ3) is 8.05. The number of aliphatic hydroxyl groups is 1. The fourth-order valence-corrected chi connectivity index (χ4v) is 9.70. The number of β-amino-alcohol motifs (C(OH)–C–C–N with tert-alkyl or cyclic N) is 1. The molecule has 12 nitrogen and oxygen atoms in total. The second-order valence-corrected chi connectivity index (χ2v) is 18.5. The maximum absolute atomic E-state index is 14.5. The maximum atomic E-state index is 14.5. The first-order chi connectivity index (χ1) is 27.0. The van der Waals surface area contributed by atoms with Gasteiger partial charge in [-0.3, -0.25) is 23.9 Å². The van der Waals surface area contributed by atoms with E-state index in [1.165, 1.54) is 4.90 Å². The number of carbonyl (C=O) groups excluding carboxylic acids is 3. The summed E-state index contributed by atoms with van der Waals surface area (Å²) < 4.78 is 1.98. The number of hydrogen-bond donors (Lipinski definition) is 3. The van der Waals surface area contributed by atoms with Crippen LogP contribution in [-0.2, 0) is 14.4 Å². The zero-order chi connectivity index (χ0) is 40.9. The number of benzene rings is 2. The number of nitrogens with zero attached hydrogens (tertiary/aromatic N) is 6. The maximum Gasteiger partial charge on any atom is 0.246 e. The molecule has 0 bridgehead atoms. The first-order valence-corrected chi connectivity index (χ1v) is 21.0. The van der Waals surface area contributed by atoms with Crippen molar-refractivity contribution >= 4 is 57.7 Å². The molecule has 0 aliphatic carbocycles. The van der Waals surface area contributed by atoms with Crippen molar-refractivity contribution in [1.29, 1.82) is 0 Å². The standard InChI is InChI=1S/C42H47ClN8O4S2/c1-21-24(4)57-41-34(21)35(27-13-15-29(43)16-14-27)46-31(38-49-48-25(5)51(38)41)18-33(53)47-37(42(6,7)8)40(55)50-19-30(52)17-32(50)39(54)45-22(2)26-9-11-28(12-10-26)36-23(3)44-20-56-36/h9-16,20,22,30-32,37,52H,17-19H2,1-8H3,(H,45,54)(H,47,53)/t22-,30+,31-,32-,37?/m0/s1. The first-order valence-electron chi connectivity index (χ1n) is 19.0. The van der Waals surface area contributed by atoms with E-state index in [0.29, 0.717) is 16.7 Å². The van der Waals surface area contributed by atoms with E-state index in [0.717, 1.165) is 54.0 Å². The van der Waals surface area contributed by atoms with Gasteiger partial charge in [0.05, 0.1) is 40.4 Å². The van der Waals surface area contributed by atoms with Gasteiger partial charge in [-0.25, -0.2) is 4.98 Å². The monoisotopic (exact) mass is 826 g/mol. The van der Waals surface area contributed by atoms with Crippen LogP contribution in [0, 0.1) is 33.1 Å². The molecule has 1 unspecified atom stereocenters. The van der Waals surface area contributed by atoms with E-state index in [1.807, 2.05) is 100 Å². The smallest absolute Gasteiger partial charge is 0.246 e. The van der Waals surface area contributed by atoms with E-state index in [1.54, 1.807) is 22.7 Å². The Bertz CT molecular complexity index is 2360. The molecule has 298 valence electrons. The van der Waals surface area contributed by atoms with Crippen molar-refractivity contribution in [1.82, 2.24) is 35.3 Å². The van der Waals surface area contributed by atoms with Gasteiger partial charge in [0.1, 0.15) is 29.0 Å². The van der Waals surface area contributed by atoms with E-state index in [9.17, 15) is 19.5 Å². The number of aryl methyl sites for hydroxylation is 3. The summed E-state index contributed by atoms with van der Waals surface area (Å²) in [7, 11) is 0. The van der Waals surface area contributed by atoms with E-state index < -0.39 is 41.5 Å². The lowest BCUT2D eigenvalue weighted by atomic mass is 9.85. The number of hydrogen-bond acceptors (Lipinski definition) is 10. The zero-order valence-electron chi connectivity index (χ0n) is 33.3. The largest absolute Gasteiger partial charge is 0.391 e. The molecule has 2 aliphatic rings. The molecule has 3 aromatic heterocycles. The van der Waals surface area contributed by atoms with Crippen LogP contribution in [0.4, 0.5) is 0 Å². The molecule has 3 N–H and O–H groups in total. The Kier molecular flexibility index (Phi) is 11.3. The van der Waals surface area contributed by atoms with Crippen LogP contribution < -0.4 is 10.6 Å². The summed E-state index contributed by atoms with van der Waals surface area (Å²) in [4.78, 5) is 55.7. The van der Waals surface area contributed by atoms with Gasteiger partial charge in [0, 0.05) is 34.0 Å². The van der Waals surface area contributed by atoms with Gasteiger partial charge in [-0.2, -0.15) is 0 Å². The number of halogens is 1. The van der Waals surface area contributed by atoms with Crippen LogP contribution in [-0.4, -0.2) is 77.9 Å². The molecule has 0 spiro atoms. The lowest BCUT2D eigenvalue weighted by Crippen LogP contribution is -2.58. The van der Waals surface area contributed by atoms with Crippen molar-refractivity contribution in [3.05, 3.63) is 104 Å². The number of rotatable bonds is 9. The molecule has 15 heteroatoms. The van der Waals surface area contributed by atoms with E-state index in [-0.39, 0.29) is 31.3 Å². The summed E-state index contributed by atoms with van der Waals surface area (Å²) in [5.74, 6) is -0.0341. The van der Waals surface area contributed by atoms with Crippen LogP contribution in [0.15, 0.2) is 59.0 Å². The van der Waals surface area contributed by atoms with E-state index >= 15 is 0 Å². The molecule has 0 saturated carbocycles. The highest BCUT2D eigenvalue weighted by atomic mass is 35.5. The average Bonchev–Trinajstić information content (AvgIpc) is 3.93. The van der Waals surface area contributed by atoms with Crippen LogP contribution in [0.25, 0.3) is 15.4 Å². The molecule has 2 aliphatic heterocycles.